The van der Waals surface area contributed by atoms with Crippen LogP contribution in [0.1, 0.15) is 63.6 Å². The minimum Gasteiger partial charge on any atom is -0.371 e. The summed E-state index contributed by atoms with van der Waals surface area (Å²) in [6.07, 6.45) is 4.63. The minimum absolute atomic E-state index is 0.147. The van der Waals surface area contributed by atoms with Crippen molar-refractivity contribution in [3.8, 4) is 0 Å². The molecule has 0 saturated heterocycles. The van der Waals surface area contributed by atoms with E-state index in [9.17, 15) is 4.39 Å². The third-order valence-electron chi connectivity index (χ3n) is 3.70. The Kier molecular flexibility index (Phi) is 7.00. The fourth-order valence-corrected chi connectivity index (χ4v) is 2.37. The lowest BCUT2D eigenvalue weighted by atomic mass is 10.0. The Bertz CT molecular complexity index is 408. The van der Waals surface area contributed by atoms with Gasteiger partial charge in [0, 0.05) is 24.8 Å². The average Bonchev–Trinajstić information content (AvgIpc) is 2.41. The number of aryl methyl sites for hydroxylation is 1. The van der Waals surface area contributed by atoms with Crippen LogP contribution in [0.4, 0.5) is 10.1 Å². The molecule has 0 spiro atoms. The molecule has 0 aromatic heterocycles. The van der Waals surface area contributed by atoms with Gasteiger partial charge in [-0.1, -0.05) is 26.7 Å². The van der Waals surface area contributed by atoms with Crippen molar-refractivity contribution in [2.24, 2.45) is 5.73 Å². The van der Waals surface area contributed by atoms with Crippen LogP contribution in [0.15, 0.2) is 12.1 Å². The largest absolute Gasteiger partial charge is 0.371 e. The van der Waals surface area contributed by atoms with Gasteiger partial charge in [0.1, 0.15) is 5.82 Å². The molecule has 0 aliphatic heterocycles. The maximum atomic E-state index is 13.8. The van der Waals surface area contributed by atoms with E-state index in [0.717, 1.165) is 50.0 Å². The van der Waals surface area contributed by atoms with Crippen molar-refractivity contribution in [3.05, 3.63) is 29.1 Å². The number of anilines is 1. The van der Waals surface area contributed by atoms with Crippen molar-refractivity contribution < 1.29 is 4.39 Å². The van der Waals surface area contributed by atoms with Gasteiger partial charge in [-0.2, -0.15) is 0 Å². The van der Waals surface area contributed by atoms with E-state index in [4.69, 9.17) is 5.73 Å². The van der Waals surface area contributed by atoms with E-state index in [1.807, 2.05) is 19.9 Å². The molecule has 0 amide bonds. The lowest BCUT2D eigenvalue weighted by Crippen LogP contribution is -2.28. The van der Waals surface area contributed by atoms with Gasteiger partial charge in [-0.15, -0.1) is 0 Å². The molecular weight excluding hydrogens is 251 g/mol. The Hall–Kier alpha value is -1.09. The van der Waals surface area contributed by atoms with Crippen molar-refractivity contribution in [3.63, 3.8) is 0 Å². The van der Waals surface area contributed by atoms with Crippen LogP contribution in [0.3, 0.4) is 0 Å². The third-order valence-corrected chi connectivity index (χ3v) is 3.70. The molecule has 0 radical (unpaired) electrons. The molecule has 1 aromatic carbocycles. The Balaban J connectivity index is 3.11. The first-order chi connectivity index (χ1) is 9.51. The number of nitrogens with two attached hydrogens (primary N) is 1. The Morgan fingerprint density at radius 1 is 1.15 bits per heavy atom. The quantitative estimate of drug-likeness (QED) is 0.756. The molecule has 1 atom stereocenters. The van der Waals surface area contributed by atoms with Crippen LogP contribution in [-0.2, 0) is 0 Å². The second kappa shape index (κ2) is 8.25. The van der Waals surface area contributed by atoms with E-state index in [1.165, 1.54) is 0 Å². The van der Waals surface area contributed by atoms with E-state index in [-0.39, 0.29) is 11.9 Å². The fraction of sp³-hybridized carbons (Fsp3) is 0.647. The normalized spacial score (nSPS) is 12.5. The number of benzene rings is 1. The number of unbranched alkanes of at least 4 members (excludes halogenated alkanes) is 2. The summed E-state index contributed by atoms with van der Waals surface area (Å²) >= 11 is 0. The molecule has 1 rings (SSSR count). The van der Waals surface area contributed by atoms with Crippen LogP contribution in [0.2, 0.25) is 0 Å². The summed E-state index contributed by atoms with van der Waals surface area (Å²) in [7, 11) is 0. The molecule has 0 saturated carbocycles. The number of hydrogen-bond donors (Lipinski definition) is 1. The molecule has 1 aromatic rings. The van der Waals surface area contributed by atoms with Gasteiger partial charge in [0.25, 0.3) is 0 Å². The zero-order chi connectivity index (χ0) is 15.1. The number of nitrogens with zero attached hydrogens (tertiary/aromatic N) is 1. The van der Waals surface area contributed by atoms with Crippen molar-refractivity contribution in [1.29, 1.82) is 0 Å². The van der Waals surface area contributed by atoms with Gasteiger partial charge in [-0.25, -0.2) is 4.39 Å². The van der Waals surface area contributed by atoms with E-state index in [2.05, 4.69) is 18.7 Å². The monoisotopic (exact) mass is 280 g/mol. The standard InChI is InChI=1S/C17H29FN2/c1-5-7-9-20(10-8-6-2)17-11-13(3)16(18)12-15(17)14(4)19/h11-12,14H,5-10,19H2,1-4H3. The predicted octanol–water partition coefficient (Wildman–Crippen LogP) is 4.56. The molecule has 2 N–H and O–H groups in total. The van der Waals surface area contributed by atoms with Crippen LogP contribution in [-0.4, -0.2) is 13.1 Å². The highest BCUT2D eigenvalue weighted by atomic mass is 19.1. The summed E-state index contributed by atoms with van der Waals surface area (Å²) < 4.78 is 13.8. The summed E-state index contributed by atoms with van der Waals surface area (Å²) in [6, 6.07) is 3.42. The van der Waals surface area contributed by atoms with Crippen molar-refractivity contribution in [2.75, 3.05) is 18.0 Å². The molecule has 0 heterocycles. The summed E-state index contributed by atoms with van der Waals surface area (Å²) in [5, 5.41) is 0. The van der Waals surface area contributed by atoms with Crippen molar-refractivity contribution >= 4 is 5.69 Å². The molecule has 0 aliphatic rings. The van der Waals surface area contributed by atoms with Crippen LogP contribution >= 0.6 is 0 Å². The van der Waals surface area contributed by atoms with Crippen LogP contribution < -0.4 is 10.6 Å². The highest BCUT2D eigenvalue weighted by Crippen LogP contribution is 2.29. The summed E-state index contributed by atoms with van der Waals surface area (Å²) in [5.41, 5.74) is 8.76. The Morgan fingerprint density at radius 2 is 1.70 bits per heavy atom. The van der Waals surface area contributed by atoms with E-state index >= 15 is 0 Å². The van der Waals surface area contributed by atoms with Gasteiger partial charge >= 0.3 is 0 Å². The highest BCUT2D eigenvalue weighted by Gasteiger charge is 2.16. The van der Waals surface area contributed by atoms with Crippen LogP contribution in [0.25, 0.3) is 0 Å². The zero-order valence-electron chi connectivity index (χ0n) is 13.4. The van der Waals surface area contributed by atoms with Gasteiger partial charge in [0.05, 0.1) is 0 Å². The maximum absolute atomic E-state index is 13.8. The first-order valence-corrected chi connectivity index (χ1v) is 7.81. The van der Waals surface area contributed by atoms with E-state index in [1.54, 1.807) is 6.07 Å². The topological polar surface area (TPSA) is 29.3 Å². The second-order valence-corrected chi connectivity index (χ2v) is 5.64. The molecule has 20 heavy (non-hydrogen) atoms. The molecule has 1 unspecified atom stereocenters. The second-order valence-electron chi connectivity index (χ2n) is 5.64. The maximum Gasteiger partial charge on any atom is 0.126 e. The first kappa shape index (κ1) is 17.0. The van der Waals surface area contributed by atoms with Gasteiger partial charge < -0.3 is 10.6 Å². The van der Waals surface area contributed by atoms with Crippen LogP contribution in [0, 0.1) is 12.7 Å². The van der Waals surface area contributed by atoms with E-state index in [0.29, 0.717) is 5.56 Å². The van der Waals surface area contributed by atoms with Gasteiger partial charge in [-0.3, -0.25) is 0 Å². The van der Waals surface area contributed by atoms with Gasteiger partial charge in [0.2, 0.25) is 0 Å². The lowest BCUT2D eigenvalue weighted by molar-refractivity contribution is 0.610. The van der Waals surface area contributed by atoms with Crippen LogP contribution in [0.5, 0.6) is 0 Å². The number of rotatable bonds is 8. The summed E-state index contributed by atoms with van der Waals surface area (Å²) in [4.78, 5) is 2.37. The molecular formula is C17H29FN2. The fourth-order valence-electron chi connectivity index (χ4n) is 2.37. The molecule has 0 bridgehead atoms. The summed E-state index contributed by atoms with van der Waals surface area (Å²) in [5.74, 6) is -0.160. The third kappa shape index (κ3) is 4.48. The summed E-state index contributed by atoms with van der Waals surface area (Å²) in [6.45, 7) is 10.2. The number of hydrogen-bond acceptors (Lipinski definition) is 2. The Labute approximate surface area is 123 Å². The number of halogens is 1. The lowest BCUT2D eigenvalue weighted by Gasteiger charge is -2.29. The zero-order valence-corrected chi connectivity index (χ0v) is 13.4. The molecule has 114 valence electrons. The molecule has 0 aliphatic carbocycles. The molecule has 3 heteroatoms. The van der Waals surface area contributed by atoms with E-state index < -0.39 is 0 Å². The van der Waals surface area contributed by atoms with Crippen molar-refractivity contribution in [2.45, 2.75) is 59.4 Å². The first-order valence-electron chi connectivity index (χ1n) is 7.81. The van der Waals surface area contributed by atoms with Crippen molar-refractivity contribution in [1.82, 2.24) is 0 Å². The SMILES string of the molecule is CCCCN(CCCC)c1cc(C)c(F)cc1C(C)N. The molecule has 2 nitrogen and oxygen atoms in total. The predicted molar refractivity (Wildman–Crippen MR) is 85.8 cm³/mol. The van der Waals surface area contributed by atoms with Gasteiger partial charge in [0.15, 0.2) is 0 Å². The van der Waals surface area contributed by atoms with Gasteiger partial charge in [-0.05, 0) is 49.9 Å². The Morgan fingerprint density at radius 3 is 2.15 bits per heavy atom. The smallest absolute Gasteiger partial charge is 0.126 e. The highest BCUT2D eigenvalue weighted by molar-refractivity contribution is 5.57. The molecule has 0 fully saturated rings. The average molecular weight is 280 g/mol. The minimum atomic E-state index is -0.160.